The molecule has 4 aromatic rings. The zero-order valence-electron chi connectivity index (χ0n) is 18.1. The van der Waals surface area contributed by atoms with Gasteiger partial charge in [0.1, 0.15) is 23.1 Å². The first-order valence-corrected chi connectivity index (χ1v) is 12.5. The second kappa shape index (κ2) is 10.0. The van der Waals surface area contributed by atoms with E-state index in [4.69, 9.17) is 51.1 Å². The summed E-state index contributed by atoms with van der Waals surface area (Å²) in [6.45, 7) is 0. The van der Waals surface area contributed by atoms with E-state index < -0.39 is 11.6 Å². The summed E-state index contributed by atoms with van der Waals surface area (Å²) in [6, 6.07) is 12.3. The molecule has 1 aliphatic rings. The van der Waals surface area contributed by atoms with Gasteiger partial charge in [-0.1, -0.05) is 58.5 Å². The third-order valence-corrected chi connectivity index (χ3v) is 7.35. The van der Waals surface area contributed by atoms with Gasteiger partial charge in [0.25, 0.3) is 0 Å². The van der Waals surface area contributed by atoms with Crippen molar-refractivity contribution in [1.82, 2.24) is 14.9 Å². The predicted molar refractivity (Wildman–Crippen MR) is 141 cm³/mol. The molecule has 0 N–H and O–H groups in total. The number of benzene rings is 3. The number of methoxy groups -OCH3 is 1. The Kier molecular flexibility index (Phi) is 6.98. The van der Waals surface area contributed by atoms with Crippen molar-refractivity contribution in [2.45, 2.75) is 5.16 Å². The molecule has 0 spiro atoms. The Balaban J connectivity index is 1.70. The summed E-state index contributed by atoms with van der Waals surface area (Å²) in [5.41, 5.74) is 1.68. The third kappa shape index (κ3) is 4.71. The van der Waals surface area contributed by atoms with Crippen molar-refractivity contribution in [1.29, 1.82) is 0 Å². The lowest BCUT2D eigenvalue weighted by atomic mass is 10.1. The molecule has 5 nitrogen and oxygen atoms in total. The van der Waals surface area contributed by atoms with Crippen molar-refractivity contribution >= 4 is 70.0 Å². The van der Waals surface area contributed by atoms with Gasteiger partial charge in [-0.2, -0.15) is 9.78 Å². The molecule has 0 fully saturated rings. The first kappa shape index (κ1) is 25.0. The van der Waals surface area contributed by atoms with E-state index in [0.717, 1.165) is 11.6 Å². The number of nitrogens with zero attached hydrogens (tertiary/aromatic N) is 4. The maximum Gasteiger partial charge on any atom is 0.217 e. The molecule has 0 unspecified atom stereocenters. The number of fused-ring (bicyclic) bond motifs is 1. The smallest absolute Gasteiger partial charge is 0.217 e. The van der Waals surface area contributed by atoms with Crippen LogP contribution in [0.3, 0.4) is 0 Å². The Labute approximate surface area is 228 Å². The molecule has 0 radical (unpaired) electrons. The number of halogens is 6. The summed E-state index contributed by atoms with van der Waals surface area (Å²) in [6.07, 6.45) is 1.85. The van der Waals surface area contributed by atoms with Crippen molar-refractivity contribution in [2.24, 2.45) is 5.10 Å². The summed E-state index contributed by atoms with van der Waals surface area (Å²) >= 11 is 25.8. The Hall–Kier alpha value is -2.62. The van der Waals surface area contributed by atoms with E-state index in [2.05, 4.69) is 15.3 Å². The number of thioether (sulfide) groups is 1. The summed E-state index contributed by atoms with van der Waals surface area (Å²) in [7, 11) is 1.58. The Bertz CT molecular complexity index is 1570. The highest BCUT2D eigenvalue weighted by molar-refractivity contribution is 8.04. The minimum Gasteiger partial charge on any atom is -0.497 e. The van der Waals surface area contributed by atoms with E-state index in [9.17, 15) is 8.78 Å². The van der Waals surface area contributed by atoms with Gasteiger partial charge in [-0.15, -0.1) is 10.2 Å². The zero-order valence-corrected chi connectivity index (χ0v) is 21.9. The van der Waals surface area contributed by atoms with Crippen molar-refractivity contribution in [3.05, 3.63) is 96.3 Å². The molecule has 182 valence electrons. The van der Waals surface area contributed by atoms with Gasteiger partial charge in [0.15, 0.2) is 5.82 Å². The molecule has 0 aliphatic carbocycles. The number of hydrogen-bond donors (Lipinski definition) is 0. The molecule has 0 saturated carbocycles. The molecule has 3 aromatic carbocycles. The third-order valence-electron chi connectivity index (χ3n) is 5.18. The van der Waals surface area contributed by atoms with E-state index in [-0.39, 0.29) is 31.5 Å². The minimum absolute atomic E-state index is 0.123. The number of hydrogen-bond acceptors (Lipinski definition) is 5. The lowest BCUT2D eigenvalue weighted by molar-refractivity contribution is 0.415. The number of aromatic nitrogens is 3. The molecule has 0 amide bonds. The average molecular weight is 584 g/mol. The fraction of sp³-hybridized carbons (Fsp3) is 0.0417. The normalized spacial score (nSPS) is 14.1. The van der Waals surface area contributed by atoms with Crippen LogP contribution in [0.25, 0.3) is 17.5 Å². The van der Waals surface area contributed by atoms with Crippen LogP contribution in [0.4, 0.5) is 8.78 Å². The number of allylic oxidation sites excluding steroid dienone is 1. The summed E-state index contributed by atoms with van der Waals surface area (Å²) < 4.78 is 35.3. The van der Waals surface area contributed by atoms with Gasteiger partial charge >= 0.3 is 0 Å². The second-order valence-electron chi connectivity index (χ2n) is 7.44. The highest BCUT2D eigenvalue weighted by atomic mass is 35.5. The molecule has 1 aromatic heterocycles. The first-order valence-electron chi connectivity index (χ1n) is 10.1. The Morgan fingerprint density at radius 1 is 0.833 bits per heavy atom. The number of ether oxygens (including phenoxy) is 1. The molecule has 5 rings (SSSR count). The summed E-state index contributed by atoms with van der Waals surface area (Å²) in [5.74, 6) is -0.472. The van der Waals surface area contributed by atoms with E-state index in [1.807, 2.05) is 30.3 Å². The summed E-state index contributed by atoms with van der Waals surface area (Å²) in [4.78, 5) is 0.614. The van der Waals surface area contributed by atoms with E-state index in [0.29, 0.717) is 27.1 Å². The van der Waals surface area contributed by atoms with Crippen LogP contribution in [-0.2, 0) is 0 Å². The number of rotatable bonds is 4. The van der Waals surface area contributed by atoms with Crippen LogP contribution in [0.2, 0.25) is 20.1 Å². The molecular weight excluding hydrogens is 572 g/mol. The van der Waals surface area contributed by atoms with Gasteiger partial charge in [-0.05, 0) is 59.8 Å². The van der Waals surface area contributed by atoms with Crippen molar-refractivity contribution in [2.75, 3.05) is 7.11 Å². The van der Waals surface area contributed by atoms with Crippen LogP contribution in [-0.4, -0.2) is 27.7 Å². The van der Waals surface area contributed by atoms with Crippen LogP contribution in [0.5, 0.6) is 5.75 Å². The molecule has 0 atom stereocenters. The van der Waals surface area contributed by atoms with Crippen molar-refractivity contribution < 1.29 is 13.5 Å². The van der Waals surface area contributed by atoms with Gasteiger partial charge in [-0.3, -0.25) is 0 Å². The fourth-order valence-corrected chi connectivity index (χ4v) is 5.29. The average Bonchev–Trinajstić information content (AvgIpc) is 3.26. The van der Waals surface area contributed by atoms with Gasteiger partial charge in [-0.25, -0.2) is 8.78 Å². The lowest BCUT2D eigenvalue weighted by Crippen LogP contribution is -2.13. The fourth-order valence-electron chi connectivity index (χ4n) is 3.42. The van der Waals surface area contributed by atoms with Gasteiger partial charge in [0.2, 0.25) is 5.16 Å². The van der Waals surface area contributed by atoms with Gasteiger partial charge < -0.3 is 4.74 Å². The van der Waals surface area contributed by atoms with Crippen LogP contribution in [0.1, 0.15) is 11.1 Å². The molecule has 12 heteroatoms. The lowest BCUT2D eigenvalue weighted by Gasteiger charge is -2.18. The first-order chi connectivity index (χ1) is 17.2. The Morgan fingerprint density at radius 2 is 1.44 bits per heavy atom. The molecular formula is C24H12Cl4F2N4OS. The van der Waals surface area contributed by atoms with Crippen LogP contribution >= 0.6 is 58.2 Å². The van der Waals surface area contributed by atoms with E-state index in [1.54, 1.807) is 7.11 Å². The largest absolute Gasteiger partial charge is 0.497 e. The quantitative estimate of drug-likeness (QED) is 0.227. The molecule has 2 heterocycles. The predicted octanol–water partition coefficient (Wildman–Crippen LogP) is 8.24. The highest BCUT2D eigenvalue weighted by Gasteiger charge is 2.28. The highest BCUT2D eigenvalue weighted by Crippen LogP contribution is 2.40. The second-order valence-corrected chi connectivity index (χ2v) is 10.1. The molecule has 0 saturated heterocycles. The van der Waals surface area contributed by atoms with E-state index >= 15 is 0 Å². The zero-order chi connectivity index (χ0) is 25.6. The van der Waals surface area contributed by atoms with Crippen LogP contribution in [0, 0.1) is 11.6 Å². The monoisotopic (exact) mass is 582 g/mol. The van der Waals surface area contributed by atoms with Crippen molar-refractivity contribution in [3.63, 3.8) is 0 Å². The van der Waals surface area contributed by atoms with Gasteiger partial charge in [0.05, 0.1) is 27.2 Å². The minimum atomic E-state index is -0.677. The SMILES string of the molecule is COc1ccc(C=C2Sc3nnc(-c4cc(F)c(Cl)cc4Cl)n3N=C2c2cc(F)c(Cl)cc2Cl)cc1. The maximum absolute atomic E-state index is 14.5. The van der Waals surface area contributed by atoms with Crippen molar-refractivity contribution in [3.8, 4) is 17.1 Å². The van der Waals surface area contributed by atoms with Gasteiger partial charge in [0, 0.05) is 16.0 Å². The molecule has 36 heavy (non-hydrogen) atoms. The maximum atomic E-state index is 14.5. The molecule has 1 aliphatic heterocycles. The summed E-state index contributed by atoms with van der Waals surface area (Å²) in [5, 5.41) is 13.5. The van der Waals surface area contributed by atoms with Crippen LogP contribution in [0.15, 0.2) is 63.7 Å². The topological polar surface area (TPSA) is 52.3 Å². The standard InChI is InChI=1S/C24H12Cl4F2N4OS/c1-35-12-4-2-11(3-5-12)6-21-22(13-7-19(29)17(27)9-15(13)25)33-34-23(31-32-24(34)36-21)14-8-20(30)18(28)10-16(14)26/h2-10H,1H3. The van der Waals surface area contributed by atoms with Crippen LogP contribution < -0.4 is 4.74 Å². The molecule has 0 bridgehead atoms. The van der Waals surface area contributed by atoms with E-state index in [1.165, 1.54) is 34.6 Å². The Morgan fingerprint density at radius 3 is 2.08 bits per heavy atom.